The molecule has 0 aromatic rings. The average molecular weight is 297 g/mol. The summed E-state index contributed by atoms with van der Waals surface area (Å²) < 4.78 is 48.7. The third-order valence-electron chi connectivity index (χ3n) is 3.04. The number of rotatable bonds is 7. The summed E-state index contributed by atoms with van der Waals surface area (Å²) in [6.07, 6.45) is 1.45. The van der Waals surface area contributed by atoms with Crippen LogP contribution in [0.3, 0.4) is 0 Å². The minimum atomic E-state index is -3.24. The van der Waals surface area contributed by atoms with E-state index in [0.29, 0.717) is 6.42 Å². The van der Waals surface area contributed by atoms with E-state index in [1.54, 1.807) is 0 Å². The standard InChI is InChI=1S/C11H23NO4S2/c1-4-5-6-18(15,16)12-7-11(8-12)17(13,14)9-10(2)3/h10-11H,4-9H2,1-3H3. The van der Waals surface area contributed by atoms with Gasteiger partial charge in [-0.3, -0.25) is 0 Å². The number of sulfone groups is 1. The lowest BCUT2D eigenvalue weighted by molar-refractivity contribution is 0.309. The maximum atomic E-state index is 11.9. The molecule has 1 heterocycles. The molecular weight excluding hydrogens is 274 g/mol. The van der Waals surface area contributed by atoms with E-state index in [0.717, 1.165) is 6.42 Å². The molecule has 1 aliphatic rings. The number of hydrogen-bond acceptors (Lipinski definition) is 4. The van der Waals surface area contributed by atoms with Crippen molar-refractivity contribution in [2.75, 3.05) is 24.6 Å². The summed E-state index contributed by atoms with van der Waals surface area (Å²) in [4.78, 5) is 0. The molecule has 0 saturated carbocycles. The summed E-state index contributed by atoms with van der Waals surface area (Å²) in [5.74, 6) is 0.349. The minimum Gasteiger partial charge on any atom is -0.228 e. The molecule has 0 spiro atoms. The zero-order valence-corrected chi connectivity index (χ0v) is 12.9. The van der Waals surface area contributed by atoms with E-state index in [1.165, 1.54) is 4.31 Å². The molecule has 7 heteroatoms. The highest BCUT2D eigenvalue weighted by molar-refractivity contribution is 7.92. The summed E-state index contributed by atoms with van der Waals surface area (Å²) in [6.45, 7) is 5.92. The smallest absolute Gasteiger partial charge is 0.214 e. The molecule has 0 atom stereocenters. The van der Waals surface area contributed by atoms with Crippen molar-refractivity contribution in [3.63, 3.8) is 0 Å². The van der Waals surface area contributed by atoms with E-state index < -0.39 is 25.1 Å². The predicted molar refractivity (Wildman–Crippen MR) is 72.7 cm³/mol. The molecule has 0 N–H and O–H groups in total. The maximum absolute atomic E-state index is 11.9. The molecule has 1 saturated heterocycles. The largest absolute Gasteiger partial charge is 0.228 e. The number of nitrogens with zero attached hydrogens (tertiary/aromatic N) is 1. The van der Waals surface area contributed by atoms with Crippen molar-refractivity contribution >= 4 is 19.9 Å². The highest BCUT2D eigenvalue weighted by atomic mass is 32.2. The Bertz CT molecular complexity index is 461. The van der Waals surface area contributed by atoms with Gasteiger partial charge in [-0.25, -0.2) is 16.8 Å². The van der Waals surface area contributed by atoms with Crippen molar-refractivity contribution in [3.8, 4) is 0 Å². The Balaban J connectivity index is 2.54. The fourth-order valence-corrected chi connectivity index (χ4v) is 5.84. The van der Waals surface area contributed by atoms with Crippen molar-refractivity contribution < 1.29 is 16.8 Å². The van der Waals surface area contributed by atoms with Gasteiger partial charge in [-0.2, -0.15) is 4.31 Å². The van der Waals surface area contributed by atoms with Gasteiger partial charge in [-0.1, -0.05) is 27.2 Å². The minimum absolute atomic E-state index is 0.0840. The van der Waals surface area contributed by atoms with Gasteiger partial charge in [0.15, 0.2) is 9.84 Å². The average Bonchev–Trinajstić information content (AvgIpc) is 2.08. The summed E-state index contributed by atoms with van der Waals surface area (Å²) in [5.41, 5.74) is 0. The molecule has 0 radical (unpaired) electrons. The van der Waals surface area contributed by atoms with Crippen molar-refractivity contribution in [2.45, 2.75) is 38.9 Å². The van der Waals surface area contributed by atoms with Crippen molar-refractivity contribution in [2.24, 2.45) is 5.92 Å². The van der Waals surface area contributed by atoms with Gasteiger partial charge in [0.2, 0.25) is 10.0 Å². The van der Waals surface area contributed by atoms with Gasteiger partial charge < -0.3 is 0 Å². The zero-order chi connectivity index (χ0) is 14.0. The van der Waals surface area contributed by atoms with Crippen molar-refractivity contribution in [1.82, 2.24) is 4.31 Å². The van der Waals surface area contributed by atoms with Crippen LogP contribution in [-0.2, 0) is 19.9 Å². The monoisotopic (exact) mass is 297 g/mol. The second-order valence-electron chi connectivity index (χ2n) is 5.33. The maximum Gasteiger partial charge on any atom is 0.214 e. The first-order chi connectivity index (χ1) is 8.19. The summed E-state index contributed by atoms with van der Waals surface area (Å²) in [5, 5.41) is -0.503. The van der Waals surface area contributed by atoms with Crippen LogP contribution in [0.5, 0.6) is 0 Å². The van der Waals surface area contributed by atoms with Crippen LogP contribution in [0.4, 0.5) is 0 Å². The molecule has 0 aliphatic carbocycles. The molecule has 108 valence electrons. The van der Waals surface area contributed by atoms with Gasteiger partial charge >= 0.3 is 0 Å². The summed E-state index contributed by atoms with van der Waals surface area (Å²) in [6, 6.07) is 0. The van der Waals surface area contributed by atoms with E-state index in [9.17, 15) is 16.8 Å². The van der Waals surface area contributed by atoms with E-state index in [4.69, 9.17) is 0 Å². The molecule has 18 heavy (non-hydrogen) atoms. The third-order valence-corrected chi connectivity index (χ3v) is 7.37. The Kier molecular flexibility index (Phi) is 5.20. The molecule has 0 aromatic carbocycles. The second kappa shape index (κ2) is 5.88. The van der Waals surface area contributed by atoms with Crippen LogP contribution >= 0.6 is 0 Å². The molecule has 0 amide bonds. The zero-order valence-electron chi connectivity index (χ0n) is 11.3. The molecule has 1 rings (SSSR count). The van der Waals surface area contributed by atoms with Crippen LogP contribution in [0.15, 0.2) is 0 Å². The summed E-state index contributed by atoms with van der Waals surface area (Å²) >= 11 is 0. The predicted octanol–water partition coefficient (Wildman–Crippen LogP) is 0.871. The third kappa shape index (κ3) is 3.93. The summed E-state index contributed by atoms with van der Waals surface area (Å²) in [7, 11) is -6.38. The highest BCUT2D eigenvalue weighted by Gasteiger charge is 2.42. The Morgan fingerprint density at radius 1 is 1.17 bits per heavy atom. The molecular formula is C11H23NO4S2. The van der Waals surface area contributed by atoms with Crippen molar-refractivity contribution in [3.05, 3.63) is 0 Å². The van der Waals surface area contributed by atoms with E-state index in [2.05, 4.69) is 0 Å². The van der Waals surface area contributed by atoms with Crippen molar-refractivity contribution in [1.29, 1.82) is 0 Å². The lowest BCUT2D eigenvalue weighted by Crippen LogP contribution is -2.57. The van der Waals surface area contributed by atoms with E-state index in [1.807, 2.05) is 20.8 Å². The molecule has 0 bridgehead atoms. The molecule has 1 aliphatic heterocycles. The Labute approximate surface area is 111 Å². The first-order valence-electron chi connectivity index (χ1n) is 6.38. The Hall–Kier alpha value is -0.140. The van der Waals surface area contributed by atoms with Gasteiger partial charge in [-0.15, -0.1) is 0 Å². The molecule has 5 nitrogen and oxygen atoms in total. The normalized spacial score (nSPS) is 19.1. The topological polar surface area (TPSA) is 71.5 Å². The first-order valence-corrected chi connectivity index (χ1v) is 9.71. The van der Waals surface area contributed by atoms with Gasteiger partial charge in [-0.05, 0) is 12.3 Å². The molecule has 0 aromatic heterocycles. The molecule has 1 fully saturated rings. The SMILES string of the molecule is CCCCS(=O)(=O)N1CC(S(=O)(=O)CC(C)C)C1. The van der Waals surface area contributed by atoms with Crippen LogP contribution in [0.1, 0.15) is 33.6 Å². The fourth-order valence-electron chi connectivity index (χ4n) is 1.91. The van der Waals surface area contributed by atoms with Crippen LogP contribution in [-0.4, -0.2) is 51.0 Å². The quantitative estimate of drug-likeness (QED) is 0.699. The van der Waals surface area contributed by atoms with E-state index in [-0.39, 0.29) is 30.5 Å². The fraction of sp³-hybridized carbons (Fsp3) is 1.00. The van der Waals surface area contributed by atoms with Crippen LogP contribution in [0.25, 0.3) is 0 Å². The van der Waals surface area contributed by atoms with Gasteiger partial charge in [0, 0.05) is 13.1 Å². The van der Waals surface area contributed by atoms with Gasteiger partial charge in [0.05, 0.1) is 16.8 Å². The Morgan fingerprint density at radius 2 is 1.72 bits per heavy atom. The second-order valence-corrected chi connectivity index (χ2v) is 9.75. The van der Waals surface area contributed by atoms with Gasteiger partial charge in [0.1, 0.15) is 0 Å². The highest BCUT2D eigenvalue weighted by Crippen LogP contribution is 2.22. The van der Waals surface area contributed by atoms with Crippen LogP contribution in [0, 0.1) is 5.92 Å². The number of sulfonamides is 1. The molecule has 0 unspecified atom stereocenters. The Morgan fingerprint density at radius 3 is 2.17 bits per heavy atom. The lowest BCUT2D eigenvalue weighted by Gasteiger charge is -2.37. The number of hydrogen-bond donors (Lipinski definition) is 0. The van der Waals surface area contributed by atoms with Crippen LogP contribution < -0.4 is 0 Å². The van der Waals surface area contributed by atoms with E-state index >= 15 is 0 Å². The number of unbranched alkanes of at least 4 members (excludes halogenated alkanes) is 1. The van der Waals surface area contributed by atoms with Crippen LogP contribution in [0.2, 0.25) is 0 Å². The van der Waals surface area contributed by atoms with Gasteiger partial charge in [0.25, 0.3) is 0 Å². The lowest BCUT2D eigenvalue weighted by atomic mass is 10.3. The first kappa shape index (κ1) is 15.9.